The molecule has 0 bridgehead atoms. The Labute approximate surface area is 161 Å². The van der Waals surface area contributed by atoms with Gasteiger partial charge in [-0.1, -0.05) is 40.2 Å². The molecule has 1 atom stereocenters. The van der Waals surface area contributed by atoms with Crippen molar-refractivity contribution in [1.82, 2.24) is 19.7 Å². The first kappa shape index (κ1) is 18.3. The van der Waals surface area contributed by atoms with Crippen molar-refractivity contribution in [3.63, 3.8) is 0 Å². The van der Waals surface area contributed by atoms with E-state index in [9.17, 15) is 4.79 Å². The fraction of sp³-hybridized carbons (Fsp3) is 0.250. The lowest BCUT2D eigenvalue weighted by molar-refractivity contribution is -0.131. The van der Waals surface area contributed by atoms with Crippen molar-refractivity contribution in [3.05, 3.63) is 76.8 Å². The number of aryl methyl sites for hydroxylation is 1. The zero-order chi connectivity index (χ0) is 18.5. The van der Waals surface area contributed by atoms with Crippen LogP contribution in [0.3, 0.4) is 0 Å². The summed E-state index contributed by atoms with van der Waals surface area (Å²) < 4.78 is 2.75. The molecule has 0 saturated carbocycles. The van der Waals surface area contributed by atoms with Crippen LogP contribution in [0.1, 0.15) is 30.5 Å². The zero-order valence-electron chi connectivity index (χ0n) is 14.8. The van der Waals surface area contributed by atoms with Crippen LogP contribution < -0.4 is 0 Å². The Bertz CT molecular complexity index is 862. The highest BCUT2D eigenvalue weighted by Gasteiger charge is 2.17. The summed E-state index contributed by atoms with van der Waals surface area (Å²) in [6.07, 6.45) is 4.40. The van der Waals surface area contributed by atoms with Gasteiger partial charge >= 0.3 is 0 Å². The van der Waals surface area contributed by atoms with Crippen LogP contribution in [0, 0.1) is 0 Å². The minimum atomic E-state index is 0.00908. The fourth-order valence-electron chi connectivity index (χ4n) is 2.81. The molecule has 0 fully saturated rings. The zero-order valence-corrected chi connectivity index (χ0v) is 16.4. The number of rotatable bonds is 6. The lowest BCUT2D eigenvalue weighted by atomic mass is 10.1. The summed E-state index contributed by atoms with van der Waals surface area (Å²) in [5.74, 6) is 0.137. The van der Waals surface area contributed by atoms with E-state index in [1.54, 1.807) is 11.0 Å². The third-order valence-corrected chi connectivity index (χ3v) is 5.04. The Morgan fingerprint density at radius 3 is 2.65 bits per heavy atom. The molecular weight excluding hydrogens is 392 g/mol. The van der Waals surface area contributed by atoms with Crippen LogP contribution in [0.25, 0.3) is 5.69 Å². The van der Waals surface area contributed by atoms with Crippen LogP contribution in [-0.2, 0) is 11.2 Å². The van der Waals surface area contributed by atoms with Gasteiger partial charge in [0.1, 0.15) is 12.7 Å². The lowest BCUT2D eigenvalue weighted by Gasteiger charge is -2.25. The van der Waals surface area contributed by atoms with Gasteiger partial charge in [-0.2, -0.15) is 5.10 Å². The Hall–Kier alpha value is -2.47. The first-order chi connectivity index (χ1) is 12.5. The standard InChI is InChI=1S/C20H21BrN4O/c1-15(17-7-9-19(10-8-17)25-14-22-13-23-25)24(2)20(26)11-6-16-4-3-5-18(21)12-16/h3-5,7-10,12-15H,6,11H2,1-2H3. The second-order valence-corrected chi connectivity index (χ2v) is 7.16. The third-order valence-electron chi connectivity index (χ3n) is 4.55. The van der Waals surface area contributed by atoms with Crippen LogP contribution in [0.4, 0.5) is 0 Å². The molecule has 3 aromatic rings. The van der Waals surface area contributed by atoms with Gasteiger partial charge in [-0.15, -0.1) is 0 Å². The average Bonchev–Trinajstić information content (AvgIpc) is 3.20. The molecule has 0 aliphatic carbocycles. The molecule has 0 radical (unpaired) electrons. The number of hydrogen-bond donors (Lipinski definition) is 0. The molecule has 1 unspecified atom stereocenters. The number of benzene rings is 2. The number of amides is 1. The summed E-state index contributed by atoms with van der Waals surface area (Å²) in [7, 11) is 1.86. The van der Waals surface area contributed by atoms with E-state index in [4.69, 9.17) is 0 Å². The van der Waals surface area contributed by atoms with Gasteiger partial charge in [-0.05, 0) is 48.7 Å². The largest absolute Gasteiger partial charge is 0.339 e. The highest BCUT2D eigenvalue weighted by Crippen LogP contribution is 2.21. The van der Waals surface area contributed by atoms with Crippen LogP contribution >= 0.6 is 15.9 Å². The van der Waals surface area contributed by atoms with Gasteiger partial charge in [0, 0.05) is 17.9 Å². The van der Waals surface area contributed by atoms with E-state index in [0.29, 0.717) is 6.42 Å². The van der Waals surface area contributed by atoms with E-state index in [2.05, 4.69) is 32.1 Å². The molecule has 1 aromatic heterocycles. The predicted octanol–water partition coefficient (Wildman–Crippen LogP) is 4.18. The maximum absolute atomic E-state index is 12.6. The SMILES string of the molecule is CC(c1ccc(-n2cncn2)cc1)N(C)C(=O)CCc1cccc(Br)c1. The molecular formula is C20H21BrN4O. The Kier molecular flexibility index (Phi) is 5.83. The van der Waals surface area contributed by atoms with Crippen LogP contribution in [-0.4, -0.2) is 32.6 Å². The van der Waals surface area contributed by atoms with Gasteiger partial charge < -0.3 is 4.90 Å². The smallest absolute Gasteiger partial charge is 0.223 e. The lowest BCUT2D eigenvalue weighted by Crippen LogP contribution is -2.29. The van der Waals surface area contributed by atoms with Crippen LogP contribution in [0.2, 0.25) is 0 Å². The highest BCUT2D eigenvalue weighted by molar-refractivity contribution is 9.10. The first-order valence-corrected chi connectivity index (χ1v) is 9.29. The van der Waals surface area contributed by atoms with Gasteiger partial charge in [-0.25, -0.2) is 9.67 Å². The molecule has 0 saturated heterocycles. The molecule has 134 valence electrons. The van der Waals surface area contributed by atoms with E-state index in [-0.39, 0.29) is 11.9 Å². The summed E-state index contributed by atoms with van der Waals surface area (Å²) in [6.45, 7) is 2.04. The Balaban J connectivity index is 1.61. The fourth-order valence-corrected chi connectivity index (χ4v) is 3.25. The number of nitrogens with zero attached hydrogens (tertiary/aromatic N) is 4. The molecule has 1 heterocycles. The van der Waals surface area contributed by atoms with Crippen LogP contribution in [0.5, 0.6) is 0 Å². The summed E-state index contributed by atoms with van der Waals surface area (Å²) in [5.41, 5.74) is 3.19. The molecule has 0 N–H and O–H groups in total. The van der Waals surface area contributed by atoms with Gasteiger partial charge in [0.15, 0.2) is 0 Å². The maximum Gasteiger partial charge on any atom is 0.223 e. The second kappa shape index (κ2) is 8.27. The number of aromatic nitrogens is 3. The van der Waals surface area contributed by atoms with Gasteiger partial charge in [0.05, 0.1) is 11.7 Å². The highest BCUT2D eigenvalue weighted by atomic mass is 79.9. The maximum atomic E-state index is 12.6. The molecule has 0 aliphatic rings. The van der Waals surface area contributed by atoms with Crippen LogP contribution in [0.15, 0.2) is 65.7 Å². The molecule has 0 aliphatic heterocycles. The van der Waals surface area contributed by atoms with Crippen molar-refractivity contribution in [2.24, 2.45) is 0 Å². The van der Waals surface area contributed by atoms with Crippen molar-refractivity contribution < 1.29 is 4.79 Å². The quantitative estimate of drug-likeness (QED) is 0.609. The minimum absolute atomic E-state index is 0.00908. The predicted molar refractivity (Wildman–Crippen MR) is 105 cm³/mol. The van der Waals surface area contributed by atoms with Gasteiger partial charge in [0.25, 0.3) is 0 Å². The van der Waals surface area contributed by atoms with Crippen molar-refractivity contribution >= 4 is 21.8 Å². The summed E-state index contributed by atoms with van der Waals surface area (Å²) in [5, 5.41) is 4.12. The van der Waals surface area contributed by atoms with Crippen molar-refractivity contribution in [2.45, 2.75) is 25.8 Å². The molecule has 6 heteroatoms. The number of halogens is 1. The average molecular weight is 413 g/mol. The summed E-state index contributed by atoms with van der Waals surface area (Å²) in [4.78, 5) is 18.3. The summed E-state index contributed by atoms with van der Waals surface area (Å²) in [6, 6.07) is 16.1. The molecule has 1 amide bonds. The summed E-state index contributed by atoms with van der Waals surface area (Å²) >= 11 is 3.47. The molecule has 3 rings (SSSR count). The monoisotopic (exact) mass is 412 g/mol. The number of carbonyl (C=O) groups is 1. The Morgan fingerprint density at radius 2 is 2.00 bits per heavy atom. The van der Waals surface area contributed by atoms with E-state index < -0.39 is 0 Å². The molecule has 2 aromatic carbocycles. The van der Waals surface area contributed by atoms with Gasteiger partial charge in [-0.3, -0.25) is 4.79 Å². The normalized spacial score (nSPS) is 12.0. The first-order valence-electron chi connectivity index (χ1n) is 8.49. The van der Waals surface area contributed by atoms with E-state index in [1.165, 1.54) is 6.33 Å². The number of hydrogen-bond acceptors (Lipinski definition) is 3. The van der Waals surface area contributed by atoms with Crippen molar-refractivity contribution in [3.8, 4) is 5.69 Å². The van der Waals surface area contributed by atoms with Crippen molar-refractivity contribution in [1.29, 1.82) is 0 Å². The Morgan fingerprint density at radius 1 is 1.23 bits per heavy atom. The second-order valence-electron chi connectivity index (χ2n) is 6.24. The third kappa shape index (κ3) is 4.38. The number of carbonyl (C=O) groups excluding carboxylic acids is 1. The van der Waals surface area contributed by atoms with E-state index in [0.717, 1.165) is 27.7 Å². The van der Waals surface area contributed by atoms with Gasteiger partial charge in [0.2, 0.25) is 5.91 Å². The van der Waals surface area contributed by atoms with Crippen molar-refractivity contribution in [2.75, 3.05) is 7.05 Å². The van der Waals surface area contributed by atoms with E-state index in [1.807, 2.05) is 61.3 Å². The molecule has 0 spiro atoms. The molecule has 5 nitrogen and oxygen atoms in total. The molecule has 26 heavy (non-hydrogen) atoms. The van der Waals surface area contributed by atoms with E-state index >= 15 is 0 Å². The topological polar surface area (TPSA) is 51.0 Å². The minimum Gasteiger partial charge on any atom is -0.339 e.